The van der Waals surface area contributed by atoms with Crippen molar-refractivity contribution in [3.63, 3.8) is 0 Å². The number of carboxylic acid groups (broad SMARTS) is 1. The molecule has 1 aromatic carbocycles. The highest BCUT2D eigenvalue weighted by atomic mass is 19.1. The number of likely N-dealkylation sites (tertiary alicyclic amines) is 1. The lowest BCUT2D eigenvalue weighted by Gasteiger charge is -2.30. The minimum absolute atomic E-state index is 0.0533. The molecule has 1 saturated heterocycles. The average Bonchev–Trinajstić information content (AvgIpc) is 2.62. The average molecular weight is 372 g/mol. The van der Waals surface area contributed by atoms with Crippen molar-refractivity contribution in [2.75, 3.05) is 27.1 Å². The van der Waals surface area contributed by atoms with Crippen LogP contribution < -0.4 is 9.47 Å². The number of piperidine rings is 1. The molecule has 1 aliphatic heterocycles. The molecule has 1 amide bonds. The number of nitro groups is 1. The number of hydrogen-bond donors (Lipinski definition) is 1. The van der Waals surface area contributed by atoms with Gasteiger partial charge in [-0.05, 0) is 0 Å². The highest BCUT2D eigenvalue weighted by molar-refractivity contribution is 5.95. The van der Waals surface area contributed by atoms with Crippen LogP contribution in [0, 0.1) is 10.1 Å². The van der Waals surface area contributed by atoms with Crippen LogP contribution >= 0.6 is 0 Å². The third kappa shape index (κ3) is 4.29. The first-order chi connectivity index (χ1) is 12.4. The second-order valence-corrected chi connectivity index (χ2v) is 5.41. The van der Waals surface area contributed by atoms with Gasteiger partial charge >= 0.3 is 12.1 Å². The van der Waals surface area contributed by atoms with E-state index in [1.54, 1.807) is 0 Å². The van der Waals surface area contributed by atoms with Gasteiger partial charge in [0.2, 0.25) is 6.86 Å². The molecule has 2 rings (SSSR count). The fraction of sp³-hybridized carbons (Fsp3) is 0.467. The zero-order valence-electron chi connectivity index (χ0n) is 13.8. The number of carbonyl (C=O) groups excluding carboxylic acids is 1. The maximum Gasteiger partial charge on any atom is 0.407 e. The van der Waals surface area contributed by atoms with E-state index in [9.17, 15) is 24.1 Å². The van der Waals surface area contributed by atoms with Gasteiger partial charge in [0, 0.05) is 32.0 Å². The minimum atomic E-state index is -1.25. The third-order valence-corrected chi connectivity index (χ3v) is 3.88. The topological polar surface area (TPSA) is 128 Å². The van der Waals surface area contributed by atoms with E-state index >= 15 is 0 Å². The molecule has 0 spiro atoms. The van der Waals surface area contributed by atoms with E-state index in [1.807, 2.05) is 0 Å². The quantitative estimate of drug-likeness (QED) is 0.457. The van der Waals surface area contributed by atoms with Gasteiger partial charge in [0.1, 0.15) is 11.7 Å². The van der Waals surface area contributed by atoms with E-state index in [4.69, 9.17) is 14.6 Å². The predicted molar refractivity (Wildman–Crippen MR) is 84.3 cm³/mol. The molecule has 142 valence electrons. The van der Waals surface area contributed by atoms with Crippen LogP contribution in [0.1, 0.15) is 23.2 Å². The van der Waals surface area contributed by atoms with Gasteiger partial charge in [-0.15, -0.1) is 0 Å². The number of benzene rings is 1. The second-order valence-electron chi connectivity index (χ2n) is 5.41. The molecule has 10 nitrogen and oxygen atoms in total. The van der Waals surface area contributed by atoms with Crippen LogP contribution in [-0.2, 0) is 4.74 Å². The van der Waals surface area contributed by atoms with Crippen molar-refractivity contribution < 1.29 is 38.2 Å². The highest BCUT2D eigenvalue weighted by Gasteiger charge is 2.28. The molecule has 0 saturated carbocycles. The number of nitrogens with zero attached hydrogens (tertiary/aromatic N) is 2. The van der Waals surface area contributed by atoms with Gasteiger partial charge < -0.3 is 24.2 Å². The fourth-order valence-electron chi connectivity index (χ4n) is 2.58. The number of halogens is 1. The van der Waals surface area contributed by atoms with E-state index in [2.05, 4.69) is 4.74 Å². The van der Waals surface area contributed by atoms with Crippen molar-refractivity contribution in [2.45, 2.75) is 18.9 Å². The van der Waals surface area contributed by atoms with Crippen molar-refractivity contribution in [1.29, 1.82) is 0 Å². The smallest absolute Gasteiger partial charge is 0.407 e. The molecule has 1 aliphatic rings. The Morgan fingerprint density at radius 2 is 2.00 bits per heavy atom. The Balaban J connectivity index is 2.29. The molecule has 0 unspecified atom stereocenters. The summed E-state index contributed by atoms with van der Waals surface area (Å²) in [6.45, 7) is -0.755. The Hall–Kier alpha value is -3.11. The van der Waals surface area contributed by atoms with Gasteiger partial charge in [0.05, 0.1) is 18.1 Å². The van der Waals surface area contributed by atoms with Crippen LogP contribution in [0.15, 0.2) is 12.1 Å². The molecule has 0 aromatic heterocycles. The first-order valence-electron chi connectivity index (χ1n) is 7.61. The number of alkyl halides is 1. The lowest BCUT2D eigenvalue weighted by Crippen LogP contribution is -2.41. The van der Waals surface area contributed by atoms with E-state index < -0.39 is 35.6 Å². The number of nitro benzene ring substituents is 1. The summed E-state index contributed by atoms with van der Waals surface area (Å²) in [5.41, 5.74) is -0.963. The lowest BCUT2D eigenvalue weighted by molar-refractivity contribution is -0.385. The standard InChI is InChI=1S/C15H17FN2O8/c1-24-14(19)10-6-13(12(25-8-16)7-11(10)18(22)23)26-9-2-4-17(5-3-9)15(20)21/h6-7,9H,2-5,8H2,1H3,(H,20,21). The normalized spacial score (nSPS) is 14.6. The Morgan fingerprint density at radius 3 is 2.50 bits per heavy atom. The number of hydrogen-bond acceptors (Lipinski definition) is 7. The molecule has 0 atom stereocenters. The largest absolute Gasteiger partial charge is 0.486 e. The van der Waals surface area contributed by atoms with Crippen LogP contribution in [0.2, 0.25) is 0 Å². The SMILES string of the molecule is COC(=O)c1cc(OC2CCN(C(=O)O)CC2)c(OCF)cc1[N+](=O)[O-]. The number of methoxy groups -OCH3 is 1. The monoisotopic (exact) mass is 372 g/mol. The zero-order valence-corrected chi connectivity index (χ0v) is 13.8. The van der Waals surface area contributed by atoms with Gasteiger partial charge in [-0.3, -0.25) is 10.1 Å². The zero-order chi connectivity index (χ0) is 19.3. The van der Waals surface area contributed by atoms with Crippen molar-refractivity contribution >= 4 is 17.7 Å². The molecular formula is C15H17FN2O8. The summed E-state index contributed by atoms with van der Waals surface area (Å²) < 4.78 is 27.6. The van der Waals surface area contributed by atoms with Crippen molar-refractivity contribution in [3.8, 4) is 11.5 Å². The van der Waals surface area contributed by atoms with Crippen molar-refractivity contribution in [2.24, 2.45) is 0 Å². The predicted octanol–water partition coefficient (Wildman–Crippen LogP) is 2.21. The number of carbonyl (C=O) groups is 2. The lowest BCUT2D eigenvalue weighted by atomic mass is 10.1. The third-order valence-electron chi connectivity index (χ3n) is 3.88. The summed E-state index contributed by atoms with van der Waals surface area (Å²) in [5.74, 6) is -1.23. The molecule has 0 aliphatic carbocycles. The Labute approximate surface area is 147 Å². The molecule has 1 heterocycles. The summed E-state index contributed by atoms with van der Waals surface area (Å²) >= 11 is 0. The summed E-state index contributed by atoms with van der Waals surface area (Å²) in [4.78, 5) is 34.3. The number of rotatable bonds is 6. The fourth-order valence-corrected chi connectivity index (χ4v) is 2.58. The van der Waals surface area contributed by atoms with Crippen LogP contribution in [0.5, 0.6) is 11.5 Å². The van der Waals surface area contributed by atoms with E-state index in [1.165, 1.54) is 4.90 Å². The van der Waals surface area contributed by atoms with E-state index in [-0.39, 0.29) is 30.2 Å². The van der Waals surface area contributed by atoms with E-state index in [0.717, 1.165) is 19.2 Å². The summed E-state index contributed by atoms with van der Waals surface area (Å²) in [5, 5.41) is 20.1. The van der Waals surface area contributed by atoms with Crippen LogP contribution in [-0.4, -0.2) is 60.2 Å². The first kappa shape index (κ1) is 19.2. The molecule has 11 heteroatoms. The summed E-state index contributed by atoms with van der Waals surface area (Å²) in [6, 6.07) is 1.96. The minimum Gasteiger partial charge on any atom is -0.486 e. The first-order valence-corrected chi connectivity index (χ1v) is 7.61. The molecular weight excluding hydrogens is 355 g/mol. The Kier molecular flexibility index (Phi) is 6.15. The molecule has 1 N–H and O–H groups in total. The van der Waals surface area contributed by atoms with Crippen LogP contribution in [0.3, 0.4) is 0 Å². The van der Waals surface area contributed by atoms with Crippen LogP contribution in [0.4, 0.5) is 14.9 Å². The van der Waals surface area contributed by atoms with Gasteiger partial charge in [-0.2, -0.15) is 0 Å². The summed E-state index contributed by atoms with van der Waals surface area (Å²) in [7, 11) is 1.07. The molecule has 1 fully saturated rings. The Morgan fingerprint density at radius 1 is 1.35 bits per heavy atom. The van der Waals surface area contributed by atoms with Gasteiger partial charge in [0.15, 0.2) is 11.5 Å². The van der Waals surface area contributed by atoms with E-state index in [0.29, 0.717) is 12.8 Å². The number of esters is 1. The molecule has 0 bridgehead atoms. The number of ether oxygens (including phenoxy) is 3. The second kappa shape index (κ2) is 8.32. The van der Waals surface area contributed by atoms with Gasteiger partial charge in [-0.1, -0.05) is 0 Å². The van der Waals surface area contributed by atoms with Crippen molar-refractivity contribution in [1.82, 2.24) is 4.90 Å². The highest BCUT2D eigenvalue weighted by Crippen LogP contribution is 2.37. The molecule has 1 aromatic rings. The van der Waals surface area contributed by atoms with Gasteiger partial charge in [0.25, 0.3) is 5.69 Å². The molecule has 26 heavy (non-hydrogen) atoms. The maximum absolute atomic E-state index is 12.6. The van der Waals surface area contributed by atoms with Crippen molar-refractivity contribution in [3.05, 3.63) is 27.8 Å². The van der Waals surface area contributed by atoms with Gasteiger partial charge in [-0.25, -0.2) is 14.0 Å². The maximum atomic E-state index is 12.6. The number of amides is 1. The summed E-state index contributed by atoms with van der Waals surface area (Å²) in [6.07, 6.45) is -0.717. The Bertz CT molecular complexity index is 703. The molecule has 0 radical (unpaired) electrons. The van der Waals surface area contributed by atoms with Crippen LogP contribution in [0.25, 0.3) is 0 Å².